The van der Waals surface area contributed by atoms with Crippen molar-refractivity contribution in [1.29, 1.82) is 0 Å². The average molecular weight is 333 g/mol. The number of anilines is 1. The molecule has 0 fully saturated rings. The lowest BCUT2D eigenvalue weighted by Crippen LogP contribution is -2.10. The molecule has 0 saturated carbocycles. The first-order chi connectivity index (χ1) is 8.60. The van der Waals surface area contributed by atoms with Crippen LogP contribution in [0.15, 0.2) is 38.8 Å². The summed E-state index contributed by atoms with van der Waals surface area (Å²) in [6.45, 7) is 0. The lowest BCUT2D eigenvalue weighted by Gasteiger charge is -2.06. The summed E-state index contributed by atoms with van der Waals surface area (Å²) in [6.07, 6.45) is 1.47. The molecule has 0 spiro atoms. The fourth-order valence-corrected chi connectivity index (χ4v) is 2.41. The van der Waals surface area contributed by atoms with Crippen LogP contribution >= 0.6 is 27.7 Å². The Kier molecular flexibility index (Phi) is 4.10. The smallest absolute Gasteiger partial charge is 0.238 e. The monoisotopic (exact) mass is 332 g/mol. The van der Waals surface area contributed by atoms with Gasteiger partial charge >= 0.3 is 0 Å². The Morgan fingerprint density at radius 3 is 2.83 bits per heavy atom. The van der Waals surface area contributed by atoms with Crippen molar-refractivity contribution in [1.82, 2.24) is 9.97 Å². The maximum absolute atomic E-state index is 13.5. The van der Waals surface area contributed by atoms with Crippen LogP contribution in [0.25, 0.3) is 0 Å². The molecule has 0 saturated heterocycles. The Morgan fingerprint density at radius 1 is 1.33 bits per heavy atom. The van der Waals surface area contributed by atoms with E-state index in [4.69, 9.17) is 5.84 Å². The van der Waals surface area contributed by atoms with Crippen LogP contribution in [0.3, 0.4) is 0 Å². The van der Waals surface area contributed by atoms with Crippen LogP contribution in [-0.4, -0.2) is 9.97 Å². The quantitative estimate of drug-likeness (QED) is 0.514. The van der Waals surface area contributed by atoms with Crippen LogP contribution in [-0.2, 0) is 0 Å². The third-order valence-corrected chi connectivity index (χ3v) is 3.82. The van der Waals surface area contributed by atoms with E-state index in [1.54, 1.807) is 0 Å². The van der Waals surface area contributed by atoms with Crippen LogP contribution in [0, 0.1) is 11.6 Å². The van der Waals surface area contributed by atoms with Crippen molar-refractivity contribution in [3.05, 3.63) is 40.5 Å². The summed E-state index contributed by atoms with van der Waals surface area (Å²) in [5.74, 6) is 4.34. The van der Waals surface area contributed by atoms with Gasteiger partial charge in [-0.05, 0) is 34.1 Å². The maximum Gasteiger partial charge on any atom is 0.238 e. The molecule has 0 aliphatic rings. The van der Waals surface area contributed by atoms with Gasteiger partial charge < -0.3 is 0 Å². The zero-order valence-corrected chi connectivity index (χ0v) is 11.2. The molecule has 0 aliphatic heterocycles. The Bertz CT molecular complexity index is 582. The zero-order valence-electron chi connectivity index (χ0n) is 8.82. The topological polar surface area (TPSA) is 63.8 Å². The molecule has 1 aromatic carbocycles. The Balaban J connectivity index is 2.36. The van der Waals surface area contributed by atoms with E-state index < -0.39 is 11.6 Å². The Hall–Kier alpha value is -1.25. The summed E-state index contributed by atoms with van der Waals surface area (Å²) < 4.78 is 27.1. The summed E-state index contributed by atoms with van der Waals surface area (Å²) in [4.78, 5) is 8.04. The molecular formula is C10H7BrF2N4S. The van der Waals surface area contributed by atoms with E-state index in [-0.39, 0.29) is 10.8 Å². The number of halogens is 3. The molecule has 0 unspecified atom stereocenters. The molecule has 2 aromatic rings. The molecule has 18 heavy (non-hydrogen) atoms. The number of hydrogen-bond donors (Lipinski definition) is 2. The fourth-order valence-electron chi connectivity index (χ4n) is 1.15. The van der Waals surface area contributed by atoms with Crippen molar-refractivity contribution in [2.45, 2.75) is 9.92 Å². The van der Waals surface area contributed by atoms with Crippen LogP contribution in [0.1, 0.15) is 0 Å². The minimum atomic E-state index is -0.519. The van der Waals surface area contributed by atoms with Gasteiger partial charge in [-0.15, -0.1) is 0 Å². The molecule has 4 nitrogen and oxygen atoms in total. The number of benzene rings is 1. The van der Waals surface area contributed by atoms with Crippen LogP contribution in [0.5, 0.6) is 0 Å². The molecule has 94 valence electrons. The lowest BCUT2D eigenvalue weighted by atomic mass is 10.3. The first kappa shape index (κ1) is 13.2. The molecule has 1 heterocycles. The van der Waals surface area contributed by atoms with E-state index in [1.807, 2.05) is 0 Å². The van der Waals surface area contributed by atoms with E-state index in [9.17, 15) is 8.78 Å². The number of nitrogens with one attached hydrogen (secondary N) is 1. The minimum Gasteiger partial charge on any atom is -0.292 e. The third-order valence-electron chi connectivity index (χ3n) is 1.94. The van der Waals surface area contributed by atoms with Gasteiger partial charge in [0, 0.05) is 6.20 Å². The highest BCUT2D eigenvalue weighted by Gasteiger charge is 2.11. The Morgan fingerprint density at radius 2 is 2.11 bits per heavy atom. The average Bonchev–Trinajstić information content (AvgIpc) is 2.36. The van der Waals surface area contributed by atoms with Gasteiger partial charge in [0.1, 0.15) is 16.7 Å². The van der Waals surface area contributed by atoms with E-state index in [0.29, 0.717) is 9.50 Å². The molecule has 0 radical (unpaired) electrons. The number of rotatable bonds is 3. The van der Waals surface area contributed by atoms with Gasteiger partial charge in [-0.25, -0.2) is 24.6 Å². The normalized spacial score (nSPS) is 10.4. The first-order valence-electron chi connectivity index (χ1n) is 4.72. The van der Waals surface area contributed by atoms with Gasteiger partial charge in [0.2, 0.25) is 5.95 Å². The molecule has 3 N–H and O–H groups in total. The standard InChI is InChI=1S/C10H7BrF2N4S/c11-6-4-15-10(17-14)16-9(6)18-8-3-5(12)1-2-7(8)13/h1-4H,14H2,(H,15,16,17). The number of aromatic nitrogens is 2. The number of hydrogen-bond acceptors (Lipinski definition) is 5. The van der Waals surface area contributed by atoms with E-state index in [2.05, 4.69) is 31.3 Å². The minimum absolute atomic E-state index is 0.136. The number of nitrogens with two attached hydrogens (primary N) is 1. The van der Waals surface area contributed by atoms with Crippen LogP contribution in [0.4, 0.5) is 14.7 Å². The number of nitrogen functional groups attached to an aromatic ring is 1. The van der Waals surface area contributed by atoms with Gasteiger partial charge in [-0.2, -0.15) is 0 Å². The summed E-state index contributed by atoms with van der Waals surface area (Å²) >= 11 is 4.21. The largest absolute Gasteiger partial charge is 0.292 e. The summed E-state index contributed by atoms with van der Waals surface area (Å²) in [7, 11) is 0. The number of hydrazine groups is 1. The molecular weight excluding hydrogens is 326 g/mol. The first-order valence-corrected chi connectivity index (χ1v) is 6.33. The summed E-state index contributed by atoms with van der Waals surface area (Å²) in [5.41, 5.74) is 2.28. The predicted molar refractivity (Wildman–Crippen MR) is 68.0 cm³/mol. The molecule has 8 heteroatoms. The molecule has 0 aliphatic carbocycles. The third kappa shape index (κ3) is 2.95. The second kappa shape index (κ2) is 5.59. The molecule has 1 aromatic heterocycles. The highest BCUT2D eigenvalue weighted by Crippen LogP contribution is 2.33. The zero-order chi connectivity index (χ0) is 13.1. The molecule has 0 amide bonds. The second-order valence-corrected chi connectivity index (χ2v) is 5.05. The summed E-state index contributed by atoms with van der Waals surface area (Å²) in [6, 6.07) is 3.22. The van der Waals surface area contributed by atoms with Gasteiger partial charge in [-0.1, -0.05) is 11.8 Å². The van der Waals surface area contributed by atoms with Gasteiger partial charge in [-0.3, -0.25) is 5.43 Å². The van der Waals surface area contributed by atoms with Crippen molar-refractivity contribution in [3.63, 3.8) is 0 Å². The fraction of sp³-hybridized carbons (Fsp3) is 0. The van der Waals surface area contributed by atoms with Crippen molar-refractivity contribution in [3.8, 4) is 0 Å². The Labute approximate surface area is 114 Å². The maximum atomic E-state index is 13.5. The van der Waals surface area contributed by atoms with Crippen molar-refractivity contribution in [2.75, 3.05) is 5.43 Å². The lowest BCUT2D eigenvalue weighted by molar-refractivity contribution is 0.577. The van der Waals surface area contributed by atoms with Gasteiger partial charge in [0.05, 0.1) is 9.37 Å². The molecule has 0 bridgehead atoms. The van der Waals surface area contributed by atoms with Crippen LogP contribution in [0.2, 0.25) is 0 Å². The van der Waals surface area contributed by atoms with Crippen molar-refractivity contribution in [2.24, 2.45) is 5.84 Å². The van der Waals surface area contributed by atoms with E-state index in [0.717, 1.165) is 30.0 Å². The van der Waals surface area contributed by atoms with Gasteiger partial charge in [0.25, 0.3) is 0 Å². The van der Waals surface area contributed by atoms with Gasteiger partial charge in [0.15, 0.2) is 0 Å². The van der Waals surface area contributed by atoms with Crippen molar-refractivity contribution < 1.29 is 8.78 Å². The highest BCUT2D eigenvalue weighted by molar-refractivity contribution is 9.10. The summed E-state index contributed by atoms with van der Waals surface area (Å²) in [5, 5.41) is 0.433. The molecule has 2 rings (SSSR count). The predicted octanol–water partition coefficient (Wildman–Crippen LogP) is 2.95. The van der Waals surface area contributed by atoms with Crippen LogP contribution < -0.4 is 11.3 Å². The van der Waals surface area contributed by atoms with E-state index >= 15 is 0 Å². The second-order valence-electron chi connectivity index (χ2n) is 3.17. The molecule has 0 atom stereocenters. The van der Waals surface area contributed by atoms with E-state index in [1.165, 1.54) is 6.20 Å². The number of nitrogens with zero attached hydrogens (tertiary/aromatic N) is 2. The SMILES string of the molecule is NNc1ncc(Br)c(Sc2cc(F)ccc2F)n1. The highest BCUT2D eigenvalue weighted by atomic mass is 79.9. The van der Waals surface area contributed by atoms with Crippen molar-refractivity contribution >= 4 is 33.6 Å².